The van der Waals surface area contributed by atoms with Crippen LogP contribution in [0.5, 0.6) is 0 Å². The van der Waals surface area contributed by atoms with Crippen molar-refractivity contribution >= 4 is 85.7 Å². The molecule has 1 aliphatic carbocycles. The number of likely N-dealkylation sites (tertiary alicyclic amines) is 1. The second-order valence-electron chi connectivity index (χ2n) is 18.4. The van der Waals surface area contributed by atoms with Gasteiger partial charge in [0.1, 0.15) is 42.3 Å². The molecule has 3 heterocycles. The molecule has 9 atom stereocenters. The van der Waals surface area contributed by atoms with Crippen molar-refractivity contribution in [3.8, 4) is 0 Å². The number of nitrogens with two attached hydrogens (primary N) is 2. The van der Waals surface area contributed by atoms with Crippen molar-refractivity contribution in [1.29, 1.82) is 0 Å². The maximum absolute atomic E-state index is 14.6. The zero-order valence-electron chi connectivity index (χ0n) is 39.4. The van der Waals surface area contributed by atoms with E-state index in [1.807, 2.05) is 24.3 Å². The molecule has 0 radical (unpaired) electrons. The van der Waals surface area contributed by atoms with E-state index in [0.717, 1.165) is 35.7 Å². The van der Waals surface area contributed by atoms with Gasteiger partial charge < -0.3 is 63.5 Å². The number of aliphatic carboxylic acids is 1. The lowest BCUT2D eigenvalue weighted by atomic mass is 9.85. The number of fused-ring (bicyclic) bond motifs is 1. The molecule has 13 N–H and O–H groups in total. The number of nitrogens with zero attached hydrogens (tertiary/aromatic N) is 1. The first kappa shape index (κ1) is 54.5. The molecule has 69 heavy (non-hydrogen) atoms. The summed E-state index contributed by atoms with van der Waals surface area (Å²) in [5.74, 6) is -8.34. The first-order chi connectivity index (χ1) is 32.9. The molecule has 3 aliphatic rings. The van der Waals surface area contributed by atoms with E-state index in [2.05, 4.69) is 36.9 Å². The highest BCUT2D eigenvalue weighted by Crippen LogP contribution is 2.48. The van der Waals surface area contributed by atoms with Crippen molar-refractivity contribution in [3.05, 3.63) is 36.0 Å². The number of nitrogens with one attached hydrogen (secondary N) is 7. The van der Waals surface area contributed by atoms with Gasteiger partial charge in [-0.2, -0.15) is 0 Å². The van der Waals surface area contributed by atoms with E-state index in [4.69, 9.17) is 11.5 Å². The third kappa shape index (κ3) is 14.8. The Morgan fingerprint density at radius 1 is 0.899 bits per heavy atom. The van der Waals surface area contributed by atoms with Crippen LogP contribution in [0.15, 0.2) is 30.5 Å². The van der Waals surface area contributed by atoms with Gasteiger partial charge in [0.2, 0.25) is 47.3 Å². The summed E-state index contributed by atoms with van der Waals surface area (Å²) < 4.78 is -0.684. The molecule has 1 spiro atoms. The molecular formula is C46H68N10O11S2. The van der Waals surface area contributed by atoms with E-state index in [-0.39, 0.29) is 44.5 Å². The normalized spacial score (nSPS) is 25.8. The molecule has 2 aromatic rings. The van der Waals surface area contributed by atoms with Gasteiger partial charge in [-0.3, -0.25) is 38.4 Å². The largest absolute Gasteiger partial charge is 0.480 e. The summed E-state index contributed by atoms with van der Waals surface area (Å²) in [4.78, 5) is 128. The van der Waals surface area contributed by atoms with Crippen molar-refractivity contribution in [1.82, 2.24) is 41.8 Å². The summed E-state index contributed by atoms with van der Waals surface area (Å²) >= 11 is 0. The Bertz CT molecular complexity index is 2190. The Balaban J connectivity index is 1.53. The Hall–Kier alpha value is -5.39. The number of aliphatic hydroxyl groups is 1. The summed E-state index contributed by atoms with van der Waals surface area (Å²) in [7, 11) is 2.58. The van der Waals surface area contributed by atoms with E-state index in [1.54, 1.807) is 20.0 Å². The Kier molecular flexibility index (Phi) is 20.1. The smallest absolute Gasteiger partial charge is 0.326 e. The van der Waals surface area contributed by atoms with Crippen molar-refractivity contribution in [2.45, 2.75) is 157 Å². The number of hydrogen-bond acceptors (Lipinski definition) is 13. The summed E-state index contributed by atoms with van der Waals surface area (Å²) in [6, 6.07) is -2.13. The number of H-pyrrole nitrogens is 1. The Labute approximate surface area is 409 Å². The fourth-order valence-electron chi connectivity index (χ4n) is 9.05. The maximum atomic E-state index is 14.6. The van der Waals surface area contributed by atoms with Gasteiger partial charge in [0.05, 0.1) is 12.5 Å². The minimum Gasteiger partial charge on any atom is -0.480 e. The van der Waals surface area contributed by atoms with Crippen molar-refractivity contribution in [2.24, 2.45) is 17.4 Å². The lowest BCUT2D eigenvalue weighted by molar-refractivity contribution is -0.145. The topological polar surface area (TPSA) is 337 Å². The van der Waals surface area contributed by atoms with Crippen LogP contribution in [0.25, 0.3) is 10.9 Å². The molecule has 380 valence electrons. The number of aromatic amines is 1. The van der Waals surface area contributed by atoms with E-state index < -0.39 is 119 Å². The minimum absolute atomic E-state index is 0.0192. The summed E-state index contributed by atoms with van der Waals surface area (Å²) in [5.41, 5.74) is 12.7. The Morgan fingerprint density at radius 2 is 1.58 bits per heavy atom. The molecular weight excluding hydrogens is 933 g/mol. The maximum Gasteiger partial charge on any atom is 0.326 e. The highest BCUT2D eigenvalue weighted by Gasteiger charge is 2.43. The number of aliphatic hydroxyl groups excluding tert-OH is 1. The van der Waals surface area contributed by atoms with Crippen LogP contribution in [0, 0.1) is 5.92 Å². The SMILES string of the molecule is CC[C@H](C)[C@@H]1NC(=O)[C@@H](Cc2c[nH]c3ccccc23)NC(=O)CC2(CCCCC2)SSC[C@H](C(=O)N2CCC[C@H]2C(=O)N[C@@H](CCCN)C(=O)O)NC(=O)[C@H](CC(N)=O)NC(=O)C([C@@H](C)O)NC1=O. The quantitative estimate of drug-likeness (QED) is 0.113. The number of rotatable bonds is 14. The van der Waals surface area contributed by atoms with Crippen LogP contribution in [0.2, 0.25) is 0 Å². The second-order valence-corrected chi connectivity index (χ2v) is 21.2. The van der Waals surface area contributed by atoms with Gasteiger partial charge in [0.25, 0.3) is 0 Å². The summed E-state index contributed by atoms with van der Waals surface area (Å²) in [6.45, 7) is 5.03. The predicted octanol–water partition coefficient (Wildman–Crippen LogP) is 0.224. The zero-order valence-corrected chi connectivity index (χ0v) is 41.0. The van der Waals surface area contributed by atoms with Crippen LogP contribution < -0.4 is 43.4 Å². The average Bonchev–Trinajstić information content (AvgIpc) is 3.97. The molecule has 1 saturated carbocycles. The number of primary amides is 1. The van der Waals surface area contributed by atoms with Crippen LogP contribution in [0.1, 0.15) is 103 Å². The lowest BCUT2D eigenvalue weighted by Crippen LogP contribution is -2.63. The van der Waals surface area contributed by atoms with Gasteiger partial charge in [-0.05, 0) is 69.5 Å². The minimum atomic E-state index is -1.73. The second kappa shape index (κ2) is 25.5. The average molecular weight is 1000 g/mol. The van der Waals surface area contributed by atoms with Crippen LogP contribution in [-0.2, 0) is 49.6 Å². The fourth-order valence-corrected chi connectivity index (χ4v) is 12.4. The number of para-hydroxylation sites is 1. The van der Waals surface area contributed by atoms with Crippen LogP contribution in [0.4, 0.5) is 0 Å². The third-order valence-electron chi connectivity index (χ3n) is 13.1. The number of carbonyl (C=O) groups is 9. The molecule has 1 aromatic heterocycles. The molecule has 1 aromatic carbocycles. The van der Waals surface area contributed by atoms with E-state index in [9.17, 15) is 53.4 Å². The van der Waals surface area contributed by atoms with Gasteiger partial charge in [-0.1, -0.05) is 79.3 Å². The summed E-state index contributed by atoms with van der Waals surface area (Å²) in [6.07, 6.45) is 4.55. The van der Waals surface area contributed by atoms with Gasteiger partial charge in [-0.25, -0.2) is 4.79 Å². The number of carbonyl (C=O) groups excluding carboxylic acids is 8. The monoisotopic (exact) mass is 1000 g/mol. The van der Waals surface area contributed by atoms with Gasteiger partial charge >= 0.3 is 5.97 Å². The molecule has 8 amide bonds. The van der Waals surface area contributed by atoms with E-state index >= 15 is 0 Å². The van der Waals surface area contributed by atoms with Gasteiger partial charge in [0, 0.05) is 47.0 Å². The molecule has 1 unspecified atom stereocenters. The van der Waals surface area contributed by atoms with Crippen LogP contribution in [-0.4, -0.2) is 145 Å². The van der Waals surface area contributed by atoms with Gasteiger partial charge in [-0.15, -0.1) is 0 Å². The highest BCUT2D eigenvalue weighted by molar-refractivity contribution is 8.77. The highest BCUT2D eigenvalue weighted by atomic mass is 33.1. The molecule has 3 fully saturated rings. The van der Waals surface area contributed by atoms with E-state index in [0.29, 0.717) is 32.1 Å². The van der Waals surface area contributed by atoms with Crippen molar-refractivity contribution < 1.29 is 53.4 Å². The van der Waals surface area contributed by atoms with Crippen LogP contribution in [0.3, 0.4) is 0 Å². The standard InChI is InChI=1S/C46H68N10O11S2/c1-4-25(2)37-42(63)55-38(26(3)57)43(64)52-32(21-35(48)58)39(60)53-33(44(65)56-19-11-15-34(56)41(62)51-30(45(66)67)14-10-18-47)24-68-69-46(16-8-5-9-17-46)22-36(59)50-31(40(61)54-37)20-27-23-49-29-13-7-6-12-28(27)29/h6-7,12-13,23,25-26,30-34,37-38,49,57H,4-5,8-11,14-22,24,47H2,1-3H3,(H2,48,58)(H,50,59)(H,51,62)(H,52,64)(H,53,60)(H,54,61)(H,55,63)(H,66,67)/t25-,26+,30-,31+,32-,33+,34-,37-,38?/m0/s1. The zero-order chi connectivity index (χ0) is 50.4. The number of benzene rings is 1. The van der Waals surface area contributed by atoms with Crippen molar-refractivity contribution in [2.75, 3.05) is 18.8 Å². The lowest BCUT2D eigenvalue weighted by Gasteiger charge is -2.37. The fraction of sp³-hybridized carbons (Fsp3) is 0.630. The number of carboxylic acids is 1. The molecule has 2 aliphatic heterocycles. The molecule has 2 saturated heterocycles. The first-order valence-electron chi connectivity index (χ1n) is 23.7. The third-order valence-corrected chi connectivity index (χ3v) is 16.4. The number of aromatic nitrogens is 1. The van der Waals surface area contributed by atoms with Gasteiger partial charge in [0.15, 0.2) is 0 Å². The molecule has 0 bridgehead atoms. The van der Waals surface area contributed by atoms with E-state index in [1.165, 1.54) is 33.4 Å². The number of hydrogen-bond donors (Lipinski definition) is 11. The summed E-state index contributed by atoms with van der Waals surface area (Å²) in [5, 5.41) is 37.4. The molecule has 21 nitrogen and oxygen atoms in total. The molecule has 5 rings (SSSR count). The number of carboxylic acid groups (broad SMARTS) is 1. The predicted molar refractivity (Wildman–Crippen MR) is 260 cm³/mol. The number of amides is 8. The Morgan fingerprint density at radius 3 is 2.25 bits per heavy atom. The van der Waals surface area contributed by atoms with Crippen LogP contribution >= 0.6 is 21.6 Å². The first-order valence-corrected chi connectivity index (χ1v) is 26.0. The molecule has 23 heteroatoms. The van der Waals surface area contributed by atoms with Crippen molar-refractivity contribution in [3.63, 3.8) is 0 Å².